The monoisotopic (exact) mass is 403 g/mol. The van der Waals surface area contributed by atoms with Crippen molar-refractivity contribution in [3.63, 3.8) is 0 Å². The van der Waals surface area contributed by atoms with Crippen molar-refractivity contribution in [2.75, 3.05) is 19.6 Å². The minimum atomic E-state index is -3.61. The lowest BCUT2D eigenvalue weighted by atomic mass is 9.79. The number of nitrogens with two attached hydrogens (primary N) is 1. The third kappa shape index (κ3) is 5.42. The first kappa shape index (κ1) is 22.9. The number of benzene rings is 1. The third-order valence-corrected chi connectivity index (χ3v) is 6.53. The van der Waals surface area contributed by atoms with E-state index in [-0.39, 0.29) is 47.6 Å². The number of nitrogens with one attached hydrogen (secondary N) is 1. The fourth-order valence-corrected chi connectivity index (χ4v) is 4.47. The summed E-state index contributed by atoms with van der Waals surface area (Å²) in [5.74, 6) is -0.0383. The van der Waals surface area contributed by atoms with Crippen molar-refractivity contribution in [1.29, 1.82) is 0 Å². The van der Waals surface area contributed by atoms with Crippen LogP contribution in [0, 0.1) is 19.3 Å². The van der Waals surface area contributed by atoms with Gasteiger partial charge in [0.1, 0.15) is 0 Å². The van der Waals surface area contributed by atoms with Crippen LogP contribution in [0.15, 0.2) is 23.1 Å². The van der Waals surface area contributed by atoms with E-state index < -0.39 is 10.0 Å². The smallest absolute Gasteiger partial charge is 0.240 e. The Balaban J connectivity index is 0.00000338. The van der Waals surface area contributed by atoms with E-state index in [9.17, 15) is 13.2 Å². The first-order valence-corrected chi connectivity index (χ1v) is 10.1. The highest BCUT2D eigenvalue weighted by atomic mass is 35.5. The third-order valence-electron chi connectivity index (χ3n) is 4.93. The second-order valence-corrected chi connectivity index (χ2v) is 9.35. The molecule has 2 rings (SSSR count). The summed E-state index contributed by atoms with van der Waals surface area (Å²) in [6.07, 6.45) is 0.919. The number of hydrogen-bond acceptors (Lipinski definition) is 4. The summed E-state index contributed by atoms with van der Waals surface area (Å²) in [4.78, 5) is 14.4. The maximum atomic E-state index is 12.5. The highest BCUT2D eigenvalue weighted by Gasteiger charge is 2.35. The molecule has 6 nitrogen and oxygen atoms in total. The normalized spacial score (nSPS) is 19.7. The summed E-state index contributed by atoms with van der Waals surface area (Å²) >= 11 is 0. The molecule has 1 aromatic carbocycles. The Hall–Kier alpha value is -1.15. The molecule has 26 heavy (non-hydrogen) atoms. The van der Waals surface area contributed by atoms with Gasteiger partial charge in [-0.3, -0.25) is 4.79 Å². The number of sulfonamides is 1. The molecule has 1 atom stereocenters. The van der Waals surface area contributed by atoms with Gasteiger partial charge in [-0.25, -0.2) is 13.1 Å². The molecule has 1 unspecified atom stereocenters. The van der Waals surface area contributed by atoms with Gasteiger partial charge in [0.25, 0.3) is 0 Å². The SMILES string of the molecule is Cc1ccc(C)c(S(=O)(=O)NCCC(=O)N2CCC(N)C(C)(C)C2)c1.Cl. The maximum absolute atomic E-state index is 12.5. The molecule has 0 aliphatic carbocycles. The van der Waals surface area contributed by atoms with Crippen molar-refractivity contribution < 1.29 is 13.2 Å². The Kier molecular flexibility index (Phi) is 7.65. The fourth-order valence-electron chi connectivity index (χ4n) is 3.11. The molecule has 1 heterocycles. The molecular formula is C18H30ClN3O3S. The van der Waals surface area contributed by atoms with E-state index in [4.69, 9.17) is 5.73 Å². The number of halogens is 1. The predicted molar refractivity (Wildman–Crippen MR) is 106 cm³/mol. The number of carbonyl (C=O) groups is 1. The van der Waals surface area contributed by atoms with Crippen LogP contribution in [0.25, 0.3) is 0 Å². The highest BCUT2D eigenvalue weighted by molar-refractivity contribution is 7.89. The number of carbonyl (C=O) groups excluding carboxylic acids is 1. The van der Waals surface area contributed by atoms with E-state index >= 15 is 0 Å². The molecule has 1 amide bonds. The number of rotatable bonds is 5. The van der Waals surface area contributed by atoms with E-state index in [0.717, 1.165) is 12.0 Å². The number of hydrogen-bond donors (Lipinski definition) is 2. The molecule has 8 heteroatoms. The Morgan fingerprint density at radius 1 is 1.35 bits per heavy atom. The summed E-state index contributed by atoms with van der Waals surface area (Å²) < 4.78 is 27.5. The lowest BCUT2D eigenvalue weighted by Crippen LogP contribution is -2.54. The molecule has 0 aromatic heterocycles. The molecule has 1 fully saturated rings. The van der Waals surface area contributed by atoms with Gasteiger partial charge >= 0.3 is 0 Å². The van der Waals surface area contributed by atoms with Crippen molar-refractivity contribution >= 4 is 28.3 Å². The molecule has 1 aromatic rings. The van der Waals surface area contributed by atoms with Crippen molar-refractivity contribution in [1.82, 2.24) is 9.62 Å². The number of likely N-dealkylation sites (tertiary alicyclic amines) is 1. The van der Waals surface area contributed by atoms with Gasteiger partial charge in [-0.15, -0.1) is 12.4 Å². The molecule has 148 valence electrons. The average molecular weight is 404 g/mol. The Bertz CT molecular complexity index is 750. The van der Waals surface area contributed by atoms with E-state index in [1.165, 1.54) is 0 Å². The van der Waals surface area contributed by atoms with Crippen molar-refractivity contribution in [3.8, 4) is 0 Å². The van der Waals surface area contributed by atoms with Gasteiger partial charge in [-0.1, -0.05) is 26.0 Å². The van der Waals surface area contributed by atoms with Crippen LogP contribution in [0.4, 0.5) is 0 Å². The second kappa shape index (κ2) is 8.69. The Morgan fingerprint density at radius 3 is 2.62 bits per heavy atom. The van der Waals surface area contributed by atoms with Gasteiger partial charge in [0.15, 0.2) is 0 Å². The van der Waals surface area contributed by atoms with Crippen LogP contribution in [0.2, 0.25) is 0 Å². The lowest BCUT2D eigenvalue weighted by Gasteiger charge is -2.42. The highest BCUT2D eigenvalue weighted by Crippen LogP contribution is 2.27. The Labute approximate surface area is 163 Å². The zero-order valence-corrected chi connectivity index (χ0v) is 17.5. The van der Waals surface area contributed by atoms with Crippen molar-refractivity contribution in [2.45, 2.75) is 51.5 Å². The van der Waals surface area contributed by atoms with Gasteiger partial charge in [-0.2, -0.15) is 0 Å². The molecule has 1 saturated heterocycles. The number of nitrogens with zero attached hydrogens (tertiary/aromatic N) is 1. The predicted octanol–water partition coefficient (Wildman–Crippen LogP) is 1.98. The van der Waals surface area contributed by atoms with Crippen LogP contribution in [0.3, 0.4) is 0 Å². The molecule has 3 N–H and O–H groups in total. The number of piperidine rings is 1. The van der Waals surface area contributed by atoms with Crippen molar-refractivity contribution in [3.05, 3.63) is 29.3 Å². The lowest BCUT2D eigenvalue weighted by molar-refractivity contribution is -0.134. The van der Waals surface area contributed by atoms with E-state index in [0.29, 0.717) is 18.7 Å². The minimum absolute atomic E-state index is 0. The summed E-state index contributed by atoms with van der Waals surface area (Å²) in [6.45, 7) is 9.06. The molecule has 1 aliphatic heterocycles. The van der Waals surface area contributed by atoms with Crippen LogP contribution in [0.5, 0.6) is 0 Å². The van der Waals surface area contributed by atoms with Crippen molar-refractivity contribution in [2.24, 2.45) is 11.1 Å². The maximum Gasteiger partial charge on any atom is 0.240 e. The van der Waals surface area contributed by atoms with Gasteiger partial charge in [0.05, 0.1) is 4.90 Å². The second-order valence-electron chi connectivity index (χ2n) is 7.62. The van der Waals surface area contributed by atoms with Crippen LogP contribution in [0.1, 0.15) is 37.8 Å². The van der Waals surface area contributed by atoms with E-state index in [1.54, 1.807) is 24.0 Å². The Morgan fingerprint density at radius 2 is 2.00 bits per heavy atom. The number of amides is 1. The first-order valence-electron chi connectivity index (χ1n) is 8.63. The first-order chi connectivity index (χ1) is 11.5. The molecule has 0 bridgehead atoms. The molecule has 0 saturated carbocycles. The largest absolute Gasteiger partial charge is 0.342 e. The van der Waals surface area contributed by atoms with Crippen LogP contribution in [-0.2, 0) is 14.8 Å². The quantitative estimate of drug-likeness (QED) is 0.786. The summed E-state index contributed by atoms with van der Waals surface area (Å²) in [6, 6.07) is 5.39. The van der Waals surface area contributed by atoms with Crippen LogP contribution < -0.4 is 10.5 Å². The van der Waals surface area contributed by atoms with E-state index in [2.05, 4.69) is 18.6 Å². The zero-order chi connectivity index (χ0) is 18.8. The topological polar surface area (TPSA) is 92.5 Å². The minimum Gasteiger partial charge on any atom is -0.342 e. The number of aryl methyl sites for hydroxylation is 2. The van der Waals surface area contributed by atoms with Crippen LogP contribution in [-0.4, -0.2) is 44.9 Å². The zero-order valence-electron chi connectivity index (χ0n) is 15.9. The van der Waals surface area contributed by atoms with Crippen LogP contribution >= 0.6 is 12.4 Å². The van der Waals surface area contributed by atoms with Gasteiger partial charge in [0.2, 0.25) is 15.9 Å². The van der Waals surface area contributed by atoms with Gasteiger partial charge < -0.3 is 10.6 Å². The molecule has 0 spiro atoms. The summed E-state index contributed by atoms with van der Waals surface area (Å²) in [5.41, 5.74) is 7.55. The molecule has 1 aliphatic rings. The fraction of sp³-hybridized carbons (Fsp3) is 0.611. The van der Waals surface area contributed by atoms with Gasteiger partial charge in [-0.05, 0) is 42.9 Å². The summed E-state index contributed by atoms with van der Waals surface area (Å²) in [7, 11) is -3.61. The summed E-state index contributed by atoms with van der Waals surface area (Å²) in [5, 5.41) is 0. The molecule has 0 radical (unpaired) electrons. The van der Waals surface area contributed by atoms with E-state index in [1.807, 2.05) is 13.0 Å². The standard InChI is InChI=1S/C18H29N3O3S.ClH/c1-13-5-6-14(2)15(11-13)25(23,24)20-9-7-17(22)21-10-8-16(19)18(3,4)12-21;/h5-6,11,16,20H,7-10,12,19H2,1-4H3;1H. The van der Waals surface area contributed by atoms with Gasteiger partial charge in [0, 0.05) is 32.1 Å². The average Bonchev–Trinajstić information content (AvgIpc) is 2.51. The molecular weight excluding hydrogens is 374 g/mol.